The Balaban J connectivity index is 1.52. The number of hydrogen-bond donors (Lipinski definition) is 1. The summed E-state index contributed by atoms with van der Waals surface area (Å²) in [7, 11) is 0. The van der Waals surface area contributed by atoms with Crippen molar-refractivity contribution in [2.24, 2.45) is 0 Å². The van der Waals surface area contributed by atoms with Crippen LogP contribution in [0.3, 0.4) is 0 Å². The van der Waals surface area contributed by atoms with Crippen LogP contribution in [0, 0.1) is 13.8 Å². The van der Waals surface area contributed by atoms with Gasteiger partial charge in [0.2, 0.25) is 5.91 Å². The Hall–Kier alpha value is -2.53. The van der Waals surface area contributed by atoms with Gasteiger partial charge in [0.1, 0.15) is 12.3 Å². The highest BCUT2D eigenvalue weighted by atomic mass is 35.5. The number of benzene rings is 2. The number of carbonyl (C=O) groups excluding carboxylic acids is 2. The van der Waals surface area contributed by atoms with Crippen molar-refractivity contribution in [2.45, 2.75) is 26.7 Å². The highest BCUT2D eigenvalue weighted by molar-refractivity contribution is 6.31. The van der Waals surface area contributed by atoms with Gasteiger partial charge >= 0.3 is 0 Å². The van der Waals surface area contributed by atoms with Crippen molar-refractivity contribution >= 4 is 29.1 Å². The van der Waals surface area contributed by atoms with Crippen molar-refractivity contribution in [3.8, 4) is 5.75 Å². The van der Waals surface area contributed by atoms with E-state index in [2.05, 4.69) is 37.4 Å². The first-order valence-electron chi connectivity index (χ1n) is 8.99. The minimum atomic E-state index is -0.254. The number of aryl methyl sites for hydroxylation is 3. The average molecular weight is 387 g/mol. The van der Waals surface area contributed by atoms with Crippen LogP contribution in [0.25, 0.3) is 0 Å². The van der Waals surface area contributed by atoms with E-state index in [0.717, 1.165) is 12.8 Å². The normalized spacial score (nSPS) is 13.1. The maximum Gasteiger partial charge on any atom is 0.265 e. The SMILES string of the molecule is Cc1ccc(CCCNC(=O)CN2C(=O)COc3ccc(Cl)cc32)c(C)c1. The van der Waals surface area contributed by atoms with Crippen LogP contribution < -0.4 is 15.0 Å². The largest absolute Gasteiger partial charge is 0.482 e. The monoisotopic (exact) mass is 386 g/mol. The van der Waals surface area contributed by atoms with Gasteiger partial charge in [-0.05, 0) is 56.0 Å². The van der Waals surface area contributed by atoms with Crippen molar-refractivity contribution in [1.82, 2.24) is 5.32 Å². The summed E-state index contributed by atoms with van der Waals surface area (Å²) in [6.07, 6.45) is 1.75. The minimum absolute atomic E-state index is 0.0426. The fourth-order valence-corrected chi connectivity index (χ4v) is 3.35. The number of nitrogens with one attached hydrogen (secondary N) is 1. The van der Waals surface area contributed by atoms with E-state index < -0.39 is 0 Å². The topological polar surface area (TPSA) is 58.6 Å². The second kappa shape index (κ2) is 8.44. The zero-order valence-electron chi connectivity index (χ0n) is 15.5. The molecule has 142 valence electrons. The first kappa shape index (κ1) is 19.2. The highest BCUT2D eigenvalue weighted by Gasteiger charge is 2.27. The Morgan fingerprint density at radius 3 is 2.81 bits per heavy atom. The predicted octanol–water partition coefficient (Wildman–Crippen LogP) is 3.43. The number of hydrogen-bond acceptors (Lipinski definition) is 3. The molecule has 2 aromatic rings. The molecule has 0 aliphatic carbocycles. The molecule has 2 aromatic carbocycles. The van der Waals surface area contributed by atoms with Crippen LogP contribution in [0.1, 0.15) is 23.1 Å². The molecule has 1 N–H and O–H groups in total. The molecule has 2 amide bonds. The lowest BCUT2D eigenvalue weighted by molar-refractivity contribution is -0.125. The number of ether oxygens (including phenoxy) is 1. The molecule has 27 heavy (non-hydrogen) atoms. The van der Waals surface area contributed by atoms with Crippen molar-refractivity contribution in [3.05, 3.63) is 58.1 Å². The number of fused-ring (bicyclic) bond motifs is 1. The number of halogens is 1. The third-order valence-corrected chi connectivity index (χ3v) is 4.84. The van der Waals surface area contributed by atoms with Crippen molar-refractivity contribution in [2.75, 3.05) is 24.6 Å². The van der Waals surface area contributed by atoms with Gasteiger partial charge in [0.15, 0.2) is 6.61 Å². The van der Waals surface area contributed by atoms with Crippen LogP contribution in [0.2, 0.25) is 5.02 Å². The number of carbonyl (C=O) groups is 2. The second-order valence-electron chi connectivity index (χ2n) is 6.76. The van der Waals surface area contributed by atoms with Gasteiger partial charge in [-0.15, -0.1) is 0 Å². The van der Waals surface area contributed by atoms with Crippen LogP contribution in [0.15, 0.2) is 36.4 Å². The zero-order valence-corrected chi connectivity index (χ0v) is 16.3. The van der Waals surface area contributed by atoms with Crippen LogP contribution in [-0.4, -0.2) is 31.5 Å². The lowest BCUT2D eigenvalue weighted by Gasteiger charge is -2.29. The van der Waals surface area contributed by atoms with E-state index in [1.807, 2.05) is 0 Å². The molecule has 0 spiro atoms. The Labute approximate surface area is 164 Å². The Bertz CT molecular complexity index is 867. The van der Waals surface area contributed by atoms with Crippen LogP contribution >= 0.6 is 11.6 Å². The molecule has 0 unspecified atom stereocenters. The molecule has 0 atom stereocenters. The van der Waals surface area contributed by atoms with E-state index in [1.165, 1.54) is 21.6 Å². The molecule has 0 saturated carbocycles. The summed E-state index contributed by atoms with van der Waals surface area (Å²) in [5.41, 5.74) is 4.35. The summed E-state index contributed by atoms with van der Waals surface area (Å²) in [5, 5.41) is 3.38. The number of rotatable bonds is 6. The maximum atomic E-state index is 12.3. The van der Waals surface area contributed by atoms with Crippen LogP contribution in [0.5, 0.6) is 5.75 Å². The van der Waals surface area contributed by atoms with E-state index in [0.29, 0.717) is 23.0 Å². The molecule has 1 aliphatic rings. The third-order valence-electron chi connectivity index (χ3n) is 4.61. The zero-order chi connectivity index (χ0) is 19.4. The lowest BCUT2D eigenvalue weighted by Crippen LogP contribution is -2.45. The second-order valence-corrected chi connectivity index (χ2v) is 7.20. The van der Waals surface area contributed by atoms with E-state index in [1.54, 1.807) is 18.2 Å². The summed E-state index contributed by atoms with van der Waals surface area (Å²) in [4.78, 5) is 25.9. The molecule has 0 radical (unpaired) electrons. The molecule has 0 saturated heterocycles. The van der Waals surface area contributed by atoms with Gasteiger partial charge in [-0.1, -0.05) is 35.4 Å². The summed E-state index contributed by atoms with van der Waals surface area (Å²) < 4.78 is 5.39. The Kier molecular flexibility index (Phi) is 6.01. The lowest BCUT2D eigenvalue weighted by atomic mass is 10.0. The fourth-order valence-electron chi connectivity index (χ4n) is 3.18. The van der Waals surface area contributed by atoms with Gasteiger partial charge in [-0.3, -0.25) is 14.5 Å². The first-order valence-corrected chi connectivity index (χ1v) is 9.37. The maximum absolute atomic E-state index is 12.3. The summed E-state index contributed by atoms with van der Waals surface area (Å²) >= 11 is 6.02. The van der Waals surface area contributed by atoms with E-state index in [9.17, 15) is 9.59 Å². The van der Waals surface area contributed by atoms with Crippen molar-refractivity contribution < 1.29 is 14.3 Å². The Morgan fingerprint density at radius 1 is 1.22 bits per heavy atom. The molecule has 5 nitrogen and oxygen atoms in total. The van der Waals surface area contributed by atoms with Gasteiger partial charge in [0.25, 0.3) is 5.91 Å². The fraction of sp³-hybridized carbons (Fsp3) is 0.333. The van der Waals surface area contributed by atoms with Crippen LogP contribution in [0.4, 0.5) is 5.69 Å². The average Bonchev–Trinajstić information content (AvgIpc) is 2.63. The summed E-state index contributed by atoms with van der Waals surface area (Å²) in [6.45, 7) is 4.63. The summed E-state index contributed by atoms with van der Waals surface area (Å²) in [5.74, 6) is 0.105. The van der Waals surface area contributed by atoms with Gasteiger partial charge in [-0.2, -0.15) is 0 Å². The van der Waals surface area contributed by atoms with Gasteiger partial charge in [0.05, 0.1) is 5.69 Å². The van der Waals surface area contributed by atoms with Gasteiger partial charge < -0.3 is 10.1 Å². The molecular formula is C21H23ClN2O3. The van der Waals surface area contributed by atoms with E-state index in [-0.39, 0.29) is 25.0 Å². The molecule has 0 bridgehead atoms. The molecule has 0 aromatic heterocycles. The molecule has 6 heteroatoms. The number of amides is 2. The molecule has 3 rings (SSSR count). The first-order chi connectivity index (χ1) is 12.9. The van der Waals surface area contributed by atoms with Gasteiger partial charge in [-0.25, -0.2) is 0 Å². The van der Waals surface area contributed by atoms with Crippen molar-refractivity contribution in [3.63, 3.8) is 0 Å². The molecule has 1 aliphatic heterocycles. The quantitative estimate of drug-likeness (QED) is 0.774. The number of nitrogens with zero attached hydrogens (tertiary/aromatic N) is 1. The molecule has 1 heterocycles. The third kappa shape index (κ3) is 4.80. The predicted molar refractivity (Wildman–Crippen MR) is 107 cm³/mol. The van der Waals surface area contributed by atoms with Gasteiger partial charge in [0, 0.05) is 11.6 Å². The standard InChI is InChI=1S/C21H23ClN2O3/c1-14-5-6-16(15(2)10-14)4-3-9-23-20(25)12-24-18-11-17(22)7-8-19(18)27-13-21(24)26/h5-8,10-11H,3-4,9,12-13H2,1-2H3,(H,23,25). The molecule has 0 fully saturated rings. The summed E-state index contributed by atoms with van der Waals surface area (Å²) in [6, 6.07) is 11.5. The van der Waals surface area contributed by atoms with Crippen LogP contribution in [-0.2, 0) is 16.0 Å². The molecular weight excluding hydrogens is 364 g/mol. The van der Waals surface area contributed by atoms with Crippen molar-refractivity contribution in [1.29, 1.82) is 0 Å². The number of anilines is 1. The smallest absolute Gasteiger partial charge is 0.265 e. The minimum Gasteiger partial charge on any atom is -0.482 e. The van der Waals surface area contributed by atoms with E-state index >= 15 is 0 Å². The highest BCUT2D eigenvalue weighted by Crippen LogP contribution is 2.34. The van der Waals surface area contributed by atoms with E-state index in [4.69, 9.17) is 16.3 Å². The Morgan fingerprint density at radius 2 is 2.04 bits per heavy atom.